The third kappa shape index (κ3) is 5.94. The van der Waals surface area contributed by atoms with Crippen LogP contribution in [0, 0.1) is 5.82 Å². The van der Waals surface area contributed by atoms with E-state index in [-0.39, 0.29) is 17.6 Å². The summed E-state index contributed by atoms with van der Waals surface area (Å²) in [5.41, 5.74) is 1.70. The Kier molecular flexibility index (Phi) is 6.84. The normalized spacial score (nSPS) is 10.4. The number of rotatable bonds is 6. The largest absolute Gasteiger partial charge is 0.325 e. The summed E-state index contributed by atoms with van der Waals surface area (Å²) in [5, 5.41) is 5.60. The Morgan fingerprint density at radius 3 is 2.32 bits per heavy atom. The fourth-order valence-corrected chi connectivity index (χ4v) is 3.37. The van der Waals surface area contributed by atoms with Crippen LogP contribution < -0.4 is 10.6 Å². The molecule has 0 aliphatic carbocycles. The van der Waals surface area contributed by atoms with Gasteiger partial charge in [-0.05, 0) is 66.7 Å². The van der Waals surface area contributed by atoms with Crippen molar-refractivity contribution < 1.29 is 14.0 Å². The lowest BCUT2D eigenvalue weighted by atomic mass is 10.2. The van der Waals surface area contributed by atoms with E-state index in [9.17, 15) is 14.0 Å². The molecule has 2 amide bonds. The van der Waals surface area contributed by atoms with E-state index in [4.69, 9.17) is 0 Å². The summed E-state index contributed by atoms with van der Waals surface area (Å²) in [6.07, 6.45) is 0. The van der Waals surface area contributed by atoms with Gasteiger partial charge in [0.2, 0.25) is 5.91 Å². The average Bonchev–Trinajstić information content (AvgIpc) is 2.69. The van der Waals surface area contributed by atoms with E-state index in [1.165, 1.54) is 36.0 Å². The average molecular weight is 459 g/mol. The fourth-order valence-electron chi connectivity index (χ4n) is 2.35. The molecule has 0 aliphatic rings. The molecule has 7 heteroatoms. The Morgan fingerprint density at radius 2 is 1.61 bits per heavy atom. The van der Waals surface area contributed by atoms with Crippen LogP contribution in [-0.4, -0.2) is 17.6 Å². The molecule has 2 N–H and O–H groups in total. The second-order valence-corrected chi connectivity index (χ2v) is 7.80. The van der Waals surface area contributed by atoms with Gasteiger partial charge < -0.3 is 10.6 Å². The molecule has 3 rings (SSSR count). The van der Waals surface area contributed by atoms with Crippen molar-refractivity contribution in [3.05, 3.63) is 88.6 Å². The quantitative estimate of drug-likeness (QED) is 0.474. The second-order valence-electron chi connectivity index (χ2n) is 5.83. The molecule has 0 atom stereocenters. The zero-order chi connectivity index (χ0) is 19.9. The van der Waals surface area contributed by atoms with Gasteiger partial charge in [-0.1, -0.05) is 22.0 Å². The Balaban J connectivity index is 1.55. The van der Waals surface area contributed by atoms with Gasteiger partial charge in [-0.15, -0.1) is 11.8 Å². The van der Waals surface area contributed by atoms with E-state index >= 15 is 0 Å². The number of hydrogen-bond donors (Lipinski definition) is 2. The highest BCUT2D eigenvalue weighted by Crippen LogP contribution is 2.23. The van der Waals surface area contributed by atoms with Crippen molar-refractivity contribution >= 4 is 50.9 Å². The highest BCUT2D eigenvalue weighted by atomic mass is 79.9. The molecule has 142 valence electrons. The van der Waals surface area contributed by atoms with Gasteiger partial charge in [0, 0.05) is 26.3 Å². The number of thioether (sulfide) groups is 1. The molecule has 3 aromatic carbocycles. The third-order valence-corrected chi connectivity index (χ3v) is 5.22. The fraction of sp³-hybridized carbons (Fsp3) is 0.0476. The molecule has 0 aliphatic heterocycles. The van der Waals surface area contributed by atoms with Gasteiger partial charge in [-0.2, -0.15) is 0 Å². The maximum absolute atomic E-state index is 13.0. The minimum Gasteiger partial charge on any atom is -0.325 e. The van der Waals surface area contributed by atoms with E-state index in [2.05, 4.69) is 26.6 Å². The van der Waals surface area contributed by atoms with Crippen molar-refractivity contribution in [2.45, 2.75) is 4.90 Å². The van der Waals surface area contributed by atoms with Crippen LogP contribution >= 0.6 is 27.7 Å². The first-order valence-electron chi connectivity index (χ1n) is 8.35. The first-order chi connectivity index (χ1) is 13.5. The van der Waals surface area contributed by atoms with Gasteiger partial charge in [-0.25, -0.2) is 4.39 Å². The summed E-state index contributed by atoms with van der Waals surface area (Å²) in [6.45, 7) is 0. The Labute approximate surface area is 174 Å². The molecule has 0 heterocycles. The number of benzene rings is 3. The number of nitrogens with one attached hydrogen (secondary N) is 2. The standard InChI is InChI=1S/C21H16BrFN2O2S/c22-15-6-10-17(11-7-15)24-20(26)13-28-19-3-1-2-18(12-19)25-21(27)14-4-8-16(23)9-5-14/h1-12H,13H2,(H,24,26)(H,25,27). The molecule has 0 aromatic heterocycles. The number of carbonyl (C=O) groups excluding carboxylic acids is 2. The lowest BCUT2D eigenvalue weighted by molar-refractivity contribution is -0.113. The van der Waals surface area contributed by atoms with Crippen molar-refractivity contribution in [1.29, 1.82) is 0 Å². The van der Waals surface area contributed by atoms with Gasteiger partial charge in [0.15, 0.2) is 0 Å². The minimum absolute atomic E-state index is 0.118. The van der Waals surface area contributed by atoms with Gasteiger partial charge >= 0.3 is 0 Å². The number of halogens is 2. The lowest BCUT2D eigenvalue weighted by Gasteiger charge is -2.08. The third-order valence-electron chi connectivity index (χ3n) is 3.70. The van der Waals surface area contributed by atoms with Gasteiger partial charge in [0.1, 0.15) is 5.82 Å². The molecule has 0 bridgehead atoms. The Bertz CT molecular complexity index is 978. The van der Waals surface area contributed by atoms with Crippen LogP contribution in [0.2, 0.25) is 0 Å². The molecule has 0 radical (unpaired) electrons. The monoisotopic (exact) mass is 458 g/mol. The van der Waals surface area contributed by atoms with Crippen molar-refractivity contribution in [3.8, 4) is 0 Å². The number of carbonyl (C=O) groups is 2. The molecule has 0 saturated carbocycles. The summed E-state index contributed by atoms with van der Waals surface area (Å²) >= 11 is 4.72. The van der Waals surface area contributed by atoms with Crippen molar-refractivity contribution in [2.75, 3.05) is 16.4 Å². The molecule has 3 aromatic rings. The molecule has 4 nitrogen and oxygen atoms in total. The summed E-state index contributed by atoms with van der Waals surface area (Å²) in [5.74, 6) is -0.592. The van der Waals surface area contributed by atoms with Crippen molar-refractivity contribution in [3.63, 3.8) is 0 Å². The van der Waals surface area contributed by atoms with E-state index in [0.29, 0.717) is 11.3 Å². The molecule has 0 spiro atoms. The first-order valence-corrected chi connectivity index (χ1v) is 10.1. The SMILES string of the molecule is O=C(CSc1cccc(NC(=O)c2ccc(F)cc2)c1)Nc1ccc(Br)cc1. The van der Waals surface area contributed by atoms with Crippen LogP contribution in [0.15, 0.2) is 82.2 Å². The number of anilines is 2. The predicted molar refractivity (Wildman–Crippen MR) is 114 cm³/mol. The number of amides is 2. The Morgan fingerprint density at radius 1 is 0.893 bits per heavy atom. The molecule has 0 unspecified atom stereocenters. The van der Waals surface area contributed by atoms with E-state index in [1.54, 1.807) is 18.2 Å². The van der Waals surface area contributed by atoms with E-state index in [1.807, 2.05) is 30.3 Å². The molecular formula is C21H16BrFN2O2S. The summed E-state index contributed by atoms with van der Waals surface area (Å²) < 4.78 is 13.9. The summed E-state index contributed by atoms with van der Waals surface area (Å²) in [6, 6.07) is 19.9. The minimum atomic E-state index is -0.392. The smallest absolute Gasteiger partial charge is 0.255 e. The van der Waals surface area contributed by atoms with Gasteiger partial charge in [0.05, 0.1) is 5.75 Å². The summed E-state index contributed by atoms with van der Waals surface area (Å²) in [4.78, 5) is 25.2. The zero-order valence-corrected chi connectivity index (χ0v) is 17.0. The maximum atomic E-state index is 13.0. The van der Waals surface area contributed by atoms with Crippen LogP contribution in [-0.2, 0) is 4.79 Å². The van der Waals surface area contributed by atoms with Crippen LogP contribution in [0.1, 0.15) is 10.4 Å². The first kappa shape index (κ1) is 20.1. The van der Waals surface area contributed by atoms with Crippen LogP contribution in [0.5, 0.6) is 0 Å². The van der Waals surface area contributed by atoms with Crippen LogP contribution in [0.4, 0.5) is 15.8 Å². The van der Waals surface area contributed by atoms with Crippen molar-refractivity contribution in [1.82, 2.24) is 0 Å². The van der Waals surface area contributed by atoms with E-state index in [0.717, 1.165) is 15.1 Å². The zero-order valence-electron chi connectivity index (χ0n) is 14.6. The summed E-state index contributed by atoms with van der Waals surface area (Å²) in [7, 11) is 0. The predicted octanol–water partition coefficient (Wildman–Crippen LogP) is 5.57. The molecule has 0 fully saturated rings. The van der Waals surface area contributed by atoms with Gasteiger partial charge in [0.25, 0.3) is 5.91 Å². The molecule has 0 saturated heterocycles. The van der Waals surface area contributed by atoms with E-state index < -0.39 is 5.82 Å². The molecule has 28 heavy (non-hydrogen) atoms. The van der Waals surface area contributed by atoms with Crippen LogP contribution in [0.25, 0.3) is 0 Å². The number of hydrogen-bond acceptors (Lipinski definition) is 3. The maximum Gasteiger partial charge on any atom is 0.255 e. The van der Waals surface area contributed by atoms with Crippen molar-refractivity contribution in [2.24, 2.45) is 0 Å². The Hall–Kier alpha value is -2.64. The molecular weight excluding hydrogens is 443 g/mol. The van der Waals surface area contributed by atoms with Crippen LogP contribution in [0.3, 0.4) is 0 Å². The highest BCUT2D eigenvalue weighted by molar-refractivity contribution is 9.10. The highest BCUT2D eigenvalue weighted by Gasteiger charge is 2.08. The topological polar surface area (TPSA) is 58.2 Å². The lowest BCUT2D eigenvalue weighted by Crippen LogP contribution is -2.14. The van der Waals surface area contributed by atoms with Gasteiger partial charge in [-0.3, -0.25) is 9.59 Å². The second kappa shape index (κ2) is 9.52.